The fourth-order valence-electron chi connectivity index (χ4n) is 2.70. The van der Waals surface area contributed by atoms with E-state index in [9.17, 15) is 0 Å². The molecule has 0 unspecified atom stereocenters. The molecule has 0 spiro atoms. The largest absolute Gasteiger partial charge is 0.399 e. The molecule has 0 amide bonds. The average Bonchev–Trinajstić information content (AvgIpc) is 3.10. The third-order valence-corrected chi connectivity index (χ3v) is 3.77. The van der Waals surface area contributed by atoms with Gasteiger partial charge in [0.05, 0.1) is 17.4 Å². The highest BCUT2D eigenvalue weighted by molar-refractivity contribution is 5.79. The molecule has 0 aliphatic heterocycles. The first kappa shape index (κ1) is 13.7. The summed E-state index contributed by atoms with van der Waals surface area (Å²) in [6.45, 7) is 4.16. The summed E-state index contributed by atoms with van der Waals surface area (Å²) in [4.78, 5) is 8.75. The molecule has 5 nitrogen and oxygen atoms in total. The summed E-state index contributed by atoms with van der Waals surface area (Å²) < 4.78 is 4.44. The lowest BCUT2D eigenvalue weighted by molar-refractivity contribution is 0.549. The number of fused-ring (bicyclic) bond motifs is 1. The maximum Gasteiger partial charge on any atom is 0.109 e. The van der Waals surface area contributed by atoms with Crippen molar-refractivity contribution in [2.24, 2.45) is 0 Å². The zero-order valence-corrected chi connectivity index (χ0v) is 12.4. The van der Waals surface area contributed by atoms with Crippen molar-refractivity contribution < 1.29 is 0 Å². The molecule has 0 saturated carbocycles. The molecule has 3 aromatic rings. The Morgan fingerprint density at radius 3 is 2.81 bits per heavy atom. The topological polar surface area (TPSA) is 61.7 Å². The van der Waals surface area contributed by atoms with Crippen molar-refractivity contribution in [1.29, 1.82) is 0 Å². The van der Waals surface area contributed by atoms with Crippen LogP contribution in [-0.2, 0) is 19.5 Å². The van der Waals surface area contributed by atoms with Crippen LogP contribution in [0.15, 0.2) is 36.9 Å². The van der Waals surface area contributed by atoms with Crippen LogP contribution in [0.3, 0.4) is 0 Å². The van der Waals surface area contributed by atoms with Crippen LogP contribution in [0.25, 0.3) is 11.0 Å². The lowest BCUT2D eigenvalue weighted by Gasteiger charge is -2.08. The SMILES string of the molecule is CCc1nc2cc(N)ccc2n1CCCCn1ccnc1. The molecule has 0 saturated heterocycles. The Bertz CT molecular complexity index is 712. The average molecular weight is 283 g/mol. The van der Waals surface area contributed by atoms with Gasteiger partial charge in [0, 0.05) is 37.6 Å². The van der Waals surface area contributed by atoms with Gasteiger partial charge < -0.3 is 14.9 Å². The summed E-state index contributed by atoms with van der Waals surface area (Å²) in [5.41, 5.74) is 8.80. The number of nitrogens with two attached hydrogens (primary N) is 1. The molecule has 0 radical (unpaired) electrons. The van der Waals surface area contributed by atoms with E-state index in [-0.39, 0.29) is 0 Å². The van der Waals surface area contributed by atoms with Crippen molar-refractivity contribution in [3.63, 3.8) is 0 Å². The molecule has 3 rings (SSSR count). The molecule has 2 heterocycles. The van der Waals surface area contributed by atoms with Gasteiger partial charge in [0.15, 0.2) is 0 Å². The predicted octanol–water partition coefficient (Wildman–Crippen LogP) is 2.86. The van der Waals surface area contributed by atoms with Gasteiger partial charge in [-0.3, -0.25) is 0 Å². The molecule has 0 atom stereocenters. The Morgan fingerprint density at radius 2 is 2.05 bits per heavy atom. The van der Waals surface area contributed by atoms with Crippen molar-refractivity contribution in [2.75, 3.05) is 5.73 Å². The van der Waals surface area contributed by atoms with E-state index in [4.69, 9.17) is 5.73 Å². The fraction of sp³-hybridized carbons (Fsp3) is 0.375. The summed E-state index contributed by atoms with van der Waals surface area (Å²) in [6.07, 6.45) is 8.90. The third kappa shape index (κ3) is 2.91. The molecule has 0 bridgehead atoms. The number of aryl methyl sites for hydroxylation is 3. The van der Waals surface area contributed by atoms with E-state index in [0.717, 1.165) is 49.4 Å². The molecule has 2 N–H and O–H groups in total. The molecule has 1 aromatic carbocycles. The van der Waals surface area contributed by atoms with Gasteiger partial charge in [-0.1, -0.05) is 6.92 Å². The summed E-state index contributed by atoms with van der Waals surface area (Å²) in [6, 6.07) is 5.98. The summed E-state index contributed by atoms with van der Waals surface area (Å²) in [5.74, 6) is 1.14. The van der Waals surface area contributed by atoms with Gasteiger partial charge in [-0.05, 0) is 31.0 Å². The Kier molecular flexibility index (Phi) is 3.90. The molecule has 21 heavy (non-hydrogen) atoms. The number of anilines is 1. The first-order valence-corrected chi connectivity index (χ1v) is 7.48. The van der Waals surface area contributed by atoms with Crippen LogP contribution in [0.5, 0.6) is 0 Å². The molecule has 0 aliphatic carbocycles. The van der Waals surface area contributed by atoms with Gasteiger partial charge in [-0.15, -0.1) is 0 Å². The minimum atomic E-state index is 0.773. The second-order valence-electron chi connectivity index (χ2n) is 5.29. The van der Waals surface area contributed by atoms with Crippen LogP contribution >= 0.6 is 0 Å². The number of benzene rings is 1. The van der Waals surface area contributed by atoms with E-state index < -0.39 is 0 Å². The van der Waals surface area contributed by atoms with Crippen LogP contribution in [-0.4, -0.2) is 19.1 Å². The molecule has 110 valence electrons. The summed E-state index contributed by atoms with van der Waals surface area (Å²) >= 11 is 0. The number of imidazole rings is 2. The van der Waals surface area contributed by atoms with Gasteiger partial charge in [0.25, 0.3) is 0 Å². The zero-order chi connectivity index (χ0) is 14.7. The molecular weight excluding hydrogens is 262 g/mol. The van der Waals surface area contributed by atoms with Gasteiger partial charge in [0.2, 0.25) is 0 Å². The van der Waals surface area contributed by atoms with Gasteiger partial charge >= 0.3 is 0 Å². The zero-order valence-electron chi connectivity index (χ0n) is 12.4. The highest BCUT2D eigenvalue weighted by Gasteiger charge is 2.09. The van der Waals surface area contributed by atoms with Crippen molar-refractivity contribution in [3.8, 4) is 0 Å². The van der Waals surface area contributed by atoms with Crippen LogP contribution in [0.2, 0.25) is 0 Å². The Morgan fingerprint density at radius 1 is 1.19 bits per heavy atom. The fourth-order valence-corrected chi connectivity index (χ4v) is 2.70. The number of hydrogen-bond donors (Lipinski definition) is 1. The molecule has 5 heteroatoms. The van der Waals surface area contributed by atoms with Crippen molar-refractivity contribution in [2.45, 2.75) is 39.3 Å². The lowest BCUT2D eigenvalue weighted by Crippen LogP contribution is -2.04. The standard InChI is InChI=1S/C16H21N5/c1-2-16-19-14-11-13(17)5-6-15(14)21(16)9-4-3-8-20-10-7-18-12-20/h5-7,10-12H,2-4,8-9,17H2,1H3. The second-order valence-corrected chi connectivity index (χ2v) is 5.29. The normalized spacial score (nSPS) is 11.3. The van der Waals surface area contributed by atoms with E-state index in [1.807, 2.05) is 30.9 Å². The quantitative estimate of drug-likeness (QED) is 0.559. The van der Waals surface area contributed by atoms with Crippen molar-refractivity contribution >= 4 is 16.7 Å². The first-order chi connectivity index (χ1) is 10.3. The third-order valence-electron chi connectivity index (χ3n) is 3.77. The highest BCUT2D eigenvalue weighted by atomic mass is 15.1. The molecule has 2 aromatic heterocycles. The number of nitrogens with zero attached hydrogens (tertiary/aromatic N) is 4. The Hall–Kier alpha value is -2.30. The Labute approximate surface area is 124 Å². The number of unbranched alkanes of at least 4 members (excludes halogenated alkanes) is 1. The number of hydrogen-bond acceptors (Lipinski definition) is 3. The molecular formula is C16H21N5. The van der Waals surface area contributed by atoms with E-state index >= 15 is 0 Å². The minimum Gasteiger partial charge on any atom is -0.399 e. The van der Waals surface area contributed by atoms with Crippen LogP contribution in [0.1, 0.15) is 25.6 Å². The molecule has 0 aliphatic rings. The smallest absolute Gasteiger partial charge is 0.109 e. The first-order valence-electron chi connectivity index (χ1n) is 7.48. The highest BCUT2D eigenvalue weighted by Crippen LogP contribution is 2.20. The summed E-state index contributed by atoms with van der Waals surface area (Å²) in [7, 11) is 0. The van der Waals surface area contributed by atoms with E-state index in [1.54, 1.807) is 0 Å². The van der Waals surface area contributed by atoms with E-state index in [1.165, 1.54) is 5.52 Å². The van der Waals surface area contributed by atoms with E-state index in [2.05, 4.69) is 32.1 Å². The van der Waals surface area contributed by atoms with Crippen LogP contribution < -0.4 is 5.73 Å². The van der Waals surface area contributed by atoms with Gasteiger partial charge in [-0.2, -0.15) is 0 Å². The van der Waals surface area contributed by atoms with Gasteiger partial charge in [0.1, 0.15) is 5.82 Å². The molecule has 0 fully saturated rings. The van der Waals surface area contributed by atoms with Crippen LogP contribution in [0, 0.1) is 0 Å². The Balaban J connectivity index is 1.70. The maximum absolute atomic E-state index is 5.84. The van der Waals surface area contributed by atoms with Gasteiger partial charge in [-0.25, -0.2) is 9.97 Å². The van der Waals surface area contributed by atoms with Crippen LogP contribution in [0.4, 0.5) is 5.69 Å². The predicted molar refractivity (Wildman–Crippen MR) is 85.0 cm³/mol. The maximum atomic E-state index is 5.84. The number of aromatic nitrogens is 4. The number of rotatable bonds is 6. The van der Waals surface area contributed by atoms with Crippen molar-refractivity contribution in [3.05, 3.63) is 42.7 Å². The van der Waals surface area contributed by atoms with Crippen molar-refractivity contribution in [1.82, 2.24) is 19.1 Å². The van der Waals surface area contributed by atoms with E-state index in [0.29, 0.717) is 0 Å². The number of nitrogen functional groups attached to an aromatic ring is 1. The summed E-state index contributed by atoms with van der Waals surface area (Å²) in [5, 5.41) is 0. The second kappa shape index (κ2) is 5.99. The minimum absolute atomic E-state index is 0.773. The lowest BCUT2D eigenvalue weighted by atomic mass is 10.2. The monoisotopic (exact) mass is 283 g/mol.